The standard InChI is InChI=1S/C20H15ClN4O3S2/c21-15-7-1-2-8-16(15)25-30(27,28)14-6-3-5-13(11-14)20(26)22-19-12-17(23-24-19)18-9-4-10-29-18/h1-12,25H,(H2,22,23,24,26). The second-order valence-electron chi connectivity index (χ2n) is 6.21. The summed E-state index contributed by atoms with van der Waals surface area (Å²) in [5, 5.41) is 11.8. The number of carbonyl (C=O) groups excluding carboxylic acids is 1. The number of carbonyl (C=O) groups is 1. The van der Waals surface area contributed by atoms with E-state index in [1.165, 1.54) is 24.3 Å². The first-order chi connectivity index (χ1) is 14.4. The molecule has 0 aliphatic rings. The number of aromatic amines is 1. The molecule has 0 saturated heterocycles. The van der Waals surface area contributed by atoms with Crippen LogP contribution in [0.5, 0.6) is 0 Å². The van der Waals surface area contributed by atoms with Crippen LogP contribution in [0.1, 0.15) is 10.4 Å². The van der Waals surface area contributed by atoms with Gasteiger partial charge in [0.05, 0.1) is 26.2 Å². The first kappa shape index (κ1) is 20.1. The second kappa shape index (κ2) is 8.31. The van der Waals surface area contributed by atoms with Crippen LogP contribution in [-0.2, 0) is 10.0 Å². The Hall–Kier alpha value is -3.14. The lowest BCUT2D eigenvalue weighted by molar-refractivity contribution is 0.102. The van der Waals surface area contributed by atoms with Crippen molar-refractivity contribution >= 4 is 50.4 Å². The van der Waals surface area contributed by atoms with Crippen LogP contribution in [0.3, 0.4) is 0 Å². The molecule has 2 aromatic carbocycles. The Kier molecular flexibility index (Phi) is 5.58. The van der Waals surface area contributed by atoms with Crippen LogP contribution in [0.25, 0.3) is 10.6 Å². The number of hydrogen-bond acceptors (Lipinski definition) is 5. The predicted molar refractivity (Wildman–Crippen MR) is 119 cm³/mol. The summed E-state index contributed by atoms with van der Waals surface area (Å²) in [6.45, 7) is 0. The van der Waals surface area contributed by atoms with Gasteiger partial charge in [0.25, 0.3) is 15.9 Å². The summed E-state index contributed by atoms with van der Waals surface area (Å²) in [6, 6.07) is 17.8. The van der Waals surface area contributed by atoms with Gasteiger partial charge in [-0.15, -0.1) is 11.3 Å². The third kappa shape index (κ3) is 4.38. The molecule has 0 atom stereocenters. The summed E-state index contributed by atoms with van der Waals surface area (Å²) in [7, 11) is -3.93. The maximum absolute atomic E-state index is 12.7. The van der Waals surface area contributed by atoms with E-state index in [2.05, 4.69) is 20.2 Å². The van der Waals surface area contributed by atoms with E-state index in [0.717, 1.165) is 10.6 Å². The fraction of sp³-hybridized carbons (Fsp3) is 0. The minimum atomic E-state index is -3.93. The molecule has 30 heavy (non-hydrogen) atoms. The lowest BCUT2D eigenvalue weighted by Gasteiger charge is -2.10. The molecule has 0 aliphatic carbocycles. The Bertz CT molecular complexity index is 1300. The first-order valence-electron chi connectivity index (χ1n) is 8.70. The number of para-hydroxylation sites is 1. The highest BCUT2D eigenvalue weighted by Gasteiger charge is 2.18. The number of benzene rings is 2. The number of nitrogens with zero attached hydrogens (tertiary/aromatic N) is 1. The number of nitrogens with one attached hydrogen (secondary N) is 3. The largest absolute Gasteiger partial charge is 0.305 e. The summed E-state index contributed by atoms with van der Waals surface area (Å²) >= 11 is 7.57. The lowest BCUT2D eigenvalue weighted by Crippen LogP contribution is -2.16. The van der Waals surface area contributed by atoms with Crippen molar-refractivity contribution in [1.29, 1.82) is 0 Å². The number of rotatable bonds is 6. The van der Waals surface area contributed by atoms with Gasteiger partial charge in [0.15, 0.2) is 5.82 Å². The number of hydrogen-bond donors (Lipinski definition) is 3. The van der Waals surface area contributed by atoms with Crippen molar-refractivity contribution in [2.45, 2.75) is 4.90 Å². The van der Waals surface area contributed by atoms with Crippen LogP contribution < -0.4 is 10.0 Å². The van der Waals surface area contributed by atoms with Gasteiger partial charge in [0.2, 0.25) is 0 Å². The molecule has 4 aromatic rings. The molecule has 10 heteroatoms. The third-order valence-corrected chi connectivity index (χ3v) is 6.73. The van der Waals surface area contributed by atoms with Crippen molar-refractivity contribution < 1.29 is 13.2 Å². The molecular weight excluding hydrogens is 444 g/mol. The molecule has 2 aromatic heterocycles. The molecule has 7 nitrogen and oxygen atoms in total. The fourth-order valence-corrected chi connectivity index (χ4v) is 4.74. The summed E-state index contributed by atoms with van der Waals surface area (Å²) in [6.07, 6.45) is 0. The molecule has 0 radical (unpaired) electrons. The van der Waals surface area contributed by atoms with Gasteiger partial charge in [-0.2, -0.15) is 5.10 Å². The van der Waals surface area contributed by atoms with Gasteiger partial charge in [-0.3, -0.25) is 14.6 Å². The molecule has 0 bridgehead atoms. The summed E-state index contributed by atoms with van der Waals surface area (Å²) < 4.78 is 27.8. The maximum atomic E-state index is 12.7. The summed E-state index contributed by atoms with van der Waals surface area (Å²) in [4.78, 5) is 13.5. The topological polar surface area (TPSA) is 104 Å². The van der Waals surface area contributed by atoms with E-state index in [1.807, 2.05) is 17.5 Å². The zero-order chi connectivity index (χ0) is 21.1. The first-order valence-corrected chi connectivity index (χ1v) is 11.4. The maximum Gasteiger partial charge on any atom is 0.261 e. The zero-order valence-electron chi connectivity index (χ0n) is 15.3. The fourth-order valence-electron chi connectivity index (χ4n) is 2.68. The molecule has 0 aliphatic heterocycles. The minimum absolute atomic E-state index is 0.0589. The van der Waals surface area contributed by atoms with Gasteiger partial charge in [0, 0.05) is 11.6 Å². The minimum Gasteiger partial charge on any atom is -0.305 e. The molecule has 2 heterocycles. The molecule has 3 N–H and O–H groups in total. The van der Waals surface area contributed by atoms with Crippen molar-refractivity contribution in [2.75, 3.05) is 10.0 Å². The van der Waals surface area contributed by atoms with Gasteiger partial charge in [-0.1, -0.05) is 35.9 Å². The number of sulfonamides is 1. The molecule has 0 saturated carbocycles. The van der Waals surface area contributed by atoms with Crippen molar-refractivity contribution in [2.24, 2.45) is 0 Å². The number of amides is 1. The van der Waals surface area contributed by atoms with Crippen LogP contribution in [0.2, 0.25) is 5.02 Å². The average molecular weight is 459 g/mol. The van der Waals surface area contributed by atoms with Crippen LogP contribution in [0, 0.1) is 0 Å². The van der Waals surface area contributed by atoms with Crippen molar-refractivity contribution in [3.05, 3.63) is 82.7 Å². The van der Waals surface area contributed by atoms with E-state index < -0.39 is 15.9 Å². The summed E-state index contributed by atoms with van der Waals surface area (Å²) in [5.74, 6) is -0.139. The quantitative estimate of drug-likeness (QED) is 0.384. The number of aromatic nitrogens is 2. The highest BCUT2D eigenvalue weighted by Crippen LogP contribution is 2.26. The molecular formula is C20H15ClN4O3S2. The molecule has 0 fully saturated rings. The van der Waals surface area contributed by atoms with E-state index >= 15 is 0 Å². The highest BCUT2D eigenvalue weighted by molar-refractivity contribution is 7.92. The van der Waals surface area contributed by atoms with Gasteiger partial charge in [-0.25, -0.2) is 8.42 Å². The zero-order valence-corrected chi connectivity index (χ0v) is 17.7. The summed E-state index contributed by atoms with van der Waals surface area (Å²) in [5.41, 5.74) is 1.21. The van der Waals surface area contributed by atoms with Crippen LogP contribution in [0.4, 0.5) is 11.5 Å². The predicted octanol–water partition coefficient (Wildman–Crippen LogP) is 4.84. The van der Waals surface area contributed by atoms with Crippen LogP contribution in [-0.4, -0.2) is 24.5 Å². The molecule has 4 rings (SSSR count). The molecule has 152 valence electrons. The Morgan fingerprint density at radius 3 is 2.63 bits per heavy atom. The van der Waals surface area contributed by atoms with E-state index in [9.17, 15) is 13.2 Å². The number of H-pyrrole nitrogens is 1. The molecule has 0 spiro atoms. The smallest absolute Gasteiger partial charge is 0.261 e. The Morgan fingerprint density at radius 2 is 1.87 bits per heavy atom. The number of thiophene rings is 1. The lowest BCUT2D eigenvalue weighted by atomic mass is 10.2. The highest BCUT2D eigenvalue weighted by atomic mass is 35.5. The van der Waals surface area contributed by atoms with Gasteiger partial charge < -0.3 is 5.32 Å². The average Bonchev–Trinajstić information content (AvgIpc) is 3.41. The van der Waals surface area contributed by atoms with E-state index in [4.69, 9.17) is 11.6 Å². The number of anilines is 2. The van der Waals surface area contributed by atoms with Crippen LogP contribution in [0.15, 0.2) is 77.0 Å². The number of halogens is 1. The van der Waals surface area contributed by atoms with Crippen molar-refractivity contribution in [3.63, 3.8) is 0 Å². The SMILES string of the molecule is O=C(Nc1cc(-c2cccs2)[nH]n1)c1cccc(S(=O)(=O)Nc2ccccc2Cl)c1. The van der Waals surface area contributed by atoms with Gasteiger partial charge >= 0.3 is 0 Å². The van der Waals surface area contributed by atoms with Crippen molar-refractivity contribution in [3.8, 4) is 10.6 Å². The van der Waals surface area contributed by atoms with Crippen LogP contribution >= 0.6 is 22.9 Å². The van der Waals surface area contributed by atoms with Gasteiger partial charge in [-0.05, 0) is 41.8 Å². The monoisotopic (exact) mass is 458 g/mol. The van der Waals surface area contributed by atoms with E-state index in [-0.39, 0.29) is 21.2 Å². The Balaban J connectivity index is 1.53. The Labute approximate surface area is 181 Å². The van der Waals surface area contributed by atoms with Crippen molar-refractivity contribution in [1.82, 2.24) is 10.2 Å². The molecule has 1 amide bonds. The second-order valence-corrected chi connectivity index (χ2v) is 9.25. The Morgan fingerprint density at radius 1 is 1.03 bits per heavy atom. The van der Waals surface area contributed by atoms with E-state index in [1.54, 1.807) is 41.7 Å². The third-order valence-electron chi connectivity index (χ3n) is 4.13. The normalized spacial score (nSPS) is 11.2. The van der Waals surface area contributed by atoms with Gasteiger partial charge in [0.1, 0.15) is 0 Å². The van der Waals surface area contributed by atoms with E-state index in [0.29, 0.717) is 5.82 Å². The molecule has 0 unspecified atom stereocenters.